The van der Waals surface area contributed by atoms with Crippen LogP contribution in [0.5, 0.6) is 0 Å². The Morgan fingerprint density at radius 1 is 0.676 bits per heavy atom. The fourth-order valence-corrected chi connectivity index (χ4v) is 2.93. The Bertz CT molecular complexity index is 1500. The average molecular weight is 477 g/mol. The number of alkyl halides is 6. The zero-order chi connectivity index (χ0) is 26.0. The number of benzene rings is 2. The van der Waals surface area contributed by atoms with Gasteiger partial charge in [0.1, 0.15) is 53.1 Å². The Balaban J connectivity index is 3.25. The molecule has 2 aromatic rings. The van der Waals surface area contributed by atoms with E-state index in [1.807, 2.05) is 0 Å². The normalized spacial score (nSPS) is 11.9. The second-order valence-electron chi connectivity index (χ2n) is 6.22. The van der Waals surface area contributed by atoms with E-state index in [2.05, 4.69) is 0 Å². The van der Waals surface area contributed by atoms with Crippen LogP contribution in [0.25, 0.3) is 11.1 Å². The summed E-state index contributed by atoms with van der Waals surface area (Å²) >= 11 is 0. The first kappa shape index (κ1) is 25.3. The molecule has 0 radical (unpaired) electrons. The Hall–Kier alpha value is -4.93. The van der Waals surface area contributed by atoms with Crippen LogP contribution in [-0.4, -0.2) is 0 Å². The van der Waals surface area contributed by atoms with E-state index in [1.54, 1.807) is 0 Å². The maximum Gasteiger partial charge on any atom is 0.417 e. The van der Waals surface area contributed by atoms with Crippen molar-refractivity contribution in [2.24, 2.45) is 0 Å². The Morgan fingerprint density at radius 3 is 1.50 bits per heavy atom. The van der Waals surface area contributed by atoms with Crippen LogP contribution in [0.15, 0.2) is 18.2 Å². The van der Waals surface area contributed by atoms with E-state index >= 15 is 0 Å². The Kier molecular flexibility index (Phi) is 6.63. The maximum absolute atomic E-state index is 15.0. The molecule has 0 N–H and O–H groups in total. The minimum Gasteiger partial charge on any atom is -0.206 e. The fourth-order valence-electron chi connectivity index (χ4n) is 2.93. The number of halogens is 8. The summed E-state index contributed by atoms with van der Waals surface area (Å²) in [4.78, 5) is 0. The third kappa shape index (κ3) is 4.35. The van der Waals surface area contributed by atoms with Crippen molar-refractivity contribution in [1.29, 1.82) is 26.3 Å². The predicted octanol–water partition coefficient (Wildman–Crippen LogP) is 3.67. The molecule has 168 valence electrons. The molecule has 0 amide bonds. The molecule has 0 aliphatic heterocycles. The highest BCUT2D eigenvalue weighted by atomic mass is 19.4. The molecular weight excluding hydrogens is 474 g/mol. The lowest BCUT2D eigenvalue weighted by atomic mass is 9.92. The lowest BCUT2D eigenvalue weighted by Gasteiger charge is -2.16. The largest absolute Gasteiger partial charge is 0.417 e. The van der Waals surface area contributed by atoms with E-state index in [0.717, 1.165) is 12.1 Å². The Morgan fingerprint density at radius 2 is 1.15 bits per heavy atom. The van der Waals surface area contributed by atoms with Crippen molar-refractivity contribution in [2.45, 2.75) is 12.4 Å². The smallest absolute Gasteiger partial charge is 0.206 e. The van der Waals surface area contributed by atoms with Crippen LogP contribution < -0.4 is 10.4 Å². The van der Waals surface area contributed by atoms with Crippen LogP contribution in [0.3, 0.4) is 0 Å². The van der Waals surface area contributed by atoms with E-state index in [-0.39, 0.29) is 18.2 Å². The van der Waals surface area contributed by atoms with Crippen molar-refractivity contribution in [3.63, 3.8) is 0 Å². The Labute approximate surface area is 184 Å². The van der Waals surface area contributed by atoms with Gasteiger partial charge in [-0.1, -0.05) is 0 Å². The van der Waals surface area contributed by atoms with Gasteiger partial charge in [-0.25, -0.2) is 8.78 Å². The van der Waals surface area contributed by atoms with Gasteiger partial charge in [-0.05, 0) is 23.8 Å². The molecule has 0 aromatic heterocycles. The van der Waals surface area contributed by atoms with Gasteiger partial charge in [0.2, 0.25) is 0 Å². The summed E-state index contributed by atoms with van der Waals surface area (Å²) in [6.07, 6.45) is -11.0. The third-order valence-corrected chi connectivity index (χ3v) is 4.33. The molecule has 0 unspecified atom stereocenters. The summed E-state index contributed by atoms with van der Waals surface area (Å²) in [7, 11) is 0. The van der Waals surface area contributed by atoms with E-state index in [1.165, 1.54) is 18.2 Å². The second-order valence-corrected chi connectivity index (χ2v) is 6.22. The predicted molar refractivity (Wildman–Crippen MR) is 94.2 cm³/mol. The van der Waals surface area contributed by atoms with E-state index < -0.39 is 73.4 Å². The number of hydrogen-bond donors (Lipinski definition) is 0. The molecule has 0 heterocycles. The lowest BCUT2D eigenvalue weighted by molar-refractivity contribution is -0.143. The second kappa shape index (κ2) is 8.90. The summed E-state index contributed by atoms with van der Waals surface area (Å²) < 4.78 is 110. The van der Waals surface area contributed by atoms with Crippen LogP contribution in [0, 0.1) is 68.3 Å². The molecule has 5 nitrogen and oxygen atoms in total. The molecular formula is C21H3F8N5. The van der Waals surface area contributed by atoms with Gasteiger partial charge in [0.15, 0.2) is 0 Å². The average Bonchev–Trinajstić information content (AvgIpc) is 2.76. The molecule has 2 aromatic carbocycles. The lowest BCUT2D eigenvalue weighted by Crippen LogP contribution is -2.27. The molecule has 0 atom stereocenters. The van der Waals surface area contributed by atoms with Crippen molar-refractivity contribution in [3.8, 4) is 30.3 Å². The van der Waals surface area contributed by atoms with Gasteiger partial charge in [-0.3, -0.25) is 0 Å². The minimum absolute atomic E-state index is 0.0221. The van der Waals surface area contributed by atoms with Crippen molar-refractivity contribution < 1.29 is 35.1 Å². The first-order chi connectivity index (χ1) is 15.8. The van der Waals surface area contributed by atoms with Gasteiger partial charge >= 0.3 is 12.4 Å². The molecule has 0 aliphatic rings. The zero-order valence-electron chi connectivity index (χ0n) is 16.0. The van der Waals surface area contributed by atoms with Gasteiger partial charge in [0.05, 0.1) is 27.5 Å². The molecule has 0 spiro atoms. The maximum atomic E-state index is 15.0. The number of nitriles is 5. The molecule has 34 heavy (non-hydrogen) atoms. The first-order valence-electron chi connectivity index (χ1n) is 8.36. The molecule has 0 saturated heterocycles. The van der Waals surface area contributed by atoms with Gasteiger partial charge in [-0.15, -0.1) is 0 Å². The van der Waals surface area contributed by atoms with E-state index in [4.69, 9.17) is 21.0 Å². The first-order valence-corrected chi connectivity index (χ1v) is 8.36. The number of rotatable bonds is 1. The summed E-state index contributed by atoms with van der Waals surface area (Å²) in [5, 5.41) is 42.9. The van der Waals surface area contributed by atoms with Gasteiger partial charge in [0.25, 0.3) is 0 Å². The summed E-state index contributed by atoms with van der Waals surface area (Å²) in [6, 6.07) is 5.65. The molecule has 0 saturated carbocycles. The molecule has 0 aliphatic carbocycles. The van der Waals surface area contributed by atoms with Crippen LogP contribution in [0.4, 0.5) is 35.1 Å². The van der Waals surface area contributed by atoms with Gasteiger partial charge < -0.3 is 0 Å². The number of nitrogens with zero attached hydrogens (tertiary/aromatic N) is 5. The minimum atomic E-state index is -5.50. The van der Waals surface area contributed by atoms with Crippen molar-refractivity contribution in [3.05, 3.63) is 68.1 Å². The van der Waals surface area contributed by atoms with Crippen molar-refractivity contribution in [1.82, 2.24) is 0 Å². The highest BCUT2D eigenvalue weighted by Crippen LogP contribution is 2.40. The highest BCUT2D eigenvalue weighted by molar-refractivity contribution is 5.79. The monoisotopic (exact) mass is 477 g/mol. The standard InChI is InChI=1S/C21H3F8N5/c22-17-3-11(19(23)14(8-34)18(17)10(4-30)5-31)12(6-32)9-1-15(20(24,25)26)13(7-33)16(2-9)21(27,28)29/h1-3H/b12-11-. The van der Waals surface area contributed by atoms with E-state index in [0.29, 0.717) is 0 Å². The van der Waals surface area contributed by atoms with Crippen molar-refractivity contribution >= 4 is 11.1 Å². The highest BCUT2D eigenvalue weighted by Gasteiger charge is 2.42. The van der Waals surface area contributed by atoms with E-state index in [9.17, 15) is 40.4 Å². The third-order valence-electron chi connectivity index (χ3n) is 4.33. The summed E-state index contributed by atoms with van der Waals surface area (Å²) in [6.45, 7) is 0. The van der Waals surface area contributed by atoms with Crippen LogP contribution >= 0.6 is 0 Å². The fraction of sp³-hybridized carbons (Fsp3) is 0.0952. The van der Waals surface area contributed by atoms with Crippen LogP contribution in [0.2, 0.25) is 0 Å². The SMILES string of the molecule is N#CC(C#N)=c1c(F)c/c(=C(\C#N)c2cc(C(F)(F)F)c(C#N)c(C(F)(F)F)c2)c(F)c1C#N. The molecule has 0 bridgehead atoms. The molecule has 0 fully saturated rings. The zero-order valence-corrected chi connectivity index (χ0v) is 16.0. The van der Waals surface area contributed by atoms with Crippen LogP contribution in [-0.2, 0) is 12.4 Å². The summed E-state index contributed by atoms with van der Waals surface area (Å²) in [5.74, 6) is -3.38. The number of hydrogen-bond acceptors (Lipinski definition) is 5. The van der Waals surface area contributed by atoms with Crippen molar-refractivity contribution in [2.75, 3.05) is 0 Å². The van der Waals surface area contributed by atoms with Crippen LogP contribution in [0.1, 0.15) is 27.8 Å². The topological polar surface area (TPSA) is 119 Å². The molecule has 2 rings (SSSR count). The van der Waals surface area contributed by atoms with Gasteiger partial charge in [-0.2, -0.15) is 52.7 Å². The quantitative estimate of drug-likeness (QED) is 0.581. The summed E-state index contributed by atoms with van der Waals surface area (Å²) in [5.41, 5.74) is -10.7. The molecule has 13 heteroatoms. The van der Waals surface area contributed by atoms with Gasteiger partial charge in [0, 0.05) is 5.22 Å².